The molecule has 0 atom stereocenters. The van der Waals surface area contributed by atoms with Crippen LogP contribution >= 0.6 is 12.4 Å². The lowest BCUT2D eigenvalue weighted by molar-refractivity contribution is 0.194. The number of hydrogen-bond acceptors (Lipinski definition) is 3. The van der Waals surface area contributed by atoms with Gasteiger partial charge in [-0.2, -0.15) is 0 Å². The van der Waals surface area contributed by atoms with Crippen molar-refractivity contribution in [1.29, 1.82) is 0 Å². The van der Waals surface area contributed by atoms with Crippen LogP contribution in [0.2, 0.25) is 0 Å². The van der Waals surface area contributed by atoms with Crippen LogP contribution < -0.4 is 10.1 Å². The molecule has 22 heavy (non-hydrogen) atoms. The van der Waals surface area contributed by atoms with Crippen LogP contribution in [0.3, 0.4) is 0 Å². The Kier molecular flexibility index (Phi) is 5.76. The van der Waals surface area contributed by atoms with Gasteiger partial charge in [0.1, 0.15) is 5.75 Å². The van der Waals surface area contributed by atoms with E-state index in [1.54, 1.807) is 7.11 Å². The largest absolute Gasteiger partial charge is 0.496 e. The lowest BCUT2D eigenvalue weighted by Crippen LogP contribution is -2.38. The highest BCUT2D eigenvalue weighted by Crippen LogP contribution is 2.39. The van der Waals surface area contributed by atoms with Gasteiger partial charge in [-0.1, -0.05) is 12.1 Å². The number of benzene rings is 1. The molecule has 0 aromatic heterocycles. The summed E-state index contributed by atoms with van der Waals surface area (Å²) in [5.41, 5.74) is 4.53. The fourth-order valence-electron chi connectivity index (χ4n) is 4.24. The number of hydrogen-bond donors (Lipinski definition) is 1. The van der Waals surface area contributed by atoms with Gasteiger partial charge >= 0.3 is 0 Å². The van der Waals surface area contributed by atoms with Gasteiger partial charge in [0.15, 0.2) is 0 Å². The van der Waals surface area contributed by atoms with Crippen molar-refractivity contribution in [2.24, 2.45) is 5.41 Å². The highest BCUT2D eigenvalue weighted by atomic mass is 35.5. The zero-order valence-corrected chi connectivity index (χ0v) is 14.9. The standard InChI is InChI=1S/C18H28N2O.ClH/c1-14-10-16(11-15(2)17(14)21-3)12-20-9-6-18(13-20)4-7-19-8-5-18;/h10-11,19H,4-9,12-13H2,1-3H3;1H. The Labute approximate surface area is 140 Å². The fourth-order valence-corrected chi connectivity index (χ4v) is 4.24. The smallest absolute Gasteiger partial charge is 0.124 e. The van der Waals surface area contributed by atoms with E-state index in [4.69, 9.17) is 4.74 Å². The molecule has 2 aliphatic heterocycles. The van der Waals surface area contributed by atoms with Crippen molar-refractivity contribution >= 4 is 12.4 Å². The summed E-state index contributed by atoms with van der Waals surface area (Å²) in [7, 11) is 1.76. The first-order valence-electron chi connectivity index (χ1n) is 8.19. The summed E-state index contributed by atoms with van der Waals surface area (Å²) >= 11 is 0. The van der Waals surface area contributed by atoms with Crippen LogP contribution in [-0.2, 0) is 6.54 Å². The van der Waals surface area contributed by atoms with Crippen molar-refractivity contribution in [3.05, 3.63) is 28.8 Å². The summed E-state index contributed by atoms with van der Waals surface area (Å²) in [5.74, 6) is 1.04. The molecule has 0 bridgehead atoms. The Morgan fingerprint density at radius 3 is 2.36 bits per heavy atom. The number of rotatable bonds is 3. The van der Waals surface area contributed by atoms with Crippen LogP contribution in [0.25, 0.3) is 0 Å². The summed E-state index contributed by atoms with van der Waals surface area (Å²) in [6.45, 7) is 10.3. The minimum Gasteiger partial charge on any atom is -0.496 e. The van der Waals surface area contributed by atoms with E-state index in [0.29, 0.717) is 5.41 Å². The maximum absolute atomic E-state index is 5.47. The molecule has 2 saturated heterocycles. The van der Waals surface area contributed by atoms with Crippen LogP contribution in [0.15, 0.2) is 12.1 Å². The predicted octanol–water partition coefficient (Wildman–Crippen LogP) is 3.31. The third kappa shape index (κ3) is 3.58. The molecule has 0 saturated carbocycles. The molecule has 0 radical (unpaired) electrons. The summed E-state index contributed by atoms with van der Waals surface area (Å²) < 4.78 is 5.47. The quantitative estimate of drug-likeness (QED) is 0.923. The van der Waals surface area contributed by atoms with E-state index in [1.165, 1.54) is 62.1 Å². The van der Waals surface area contributed by atoms with Crippen molar-refractivity contribution in [2.45, 2.75) is 39.7 Å². The van der Waals surface area contributed by atoms with Crippen LogP contribution in [0.4, 0.5) is 0 Å². The van der Waals surface area contributed by atoms with Crippen LogP contribution in [-0.4, -0.2) is 38.2 Å². The summed E-state index contributed by atoms with van der Waals surface area (Å²) in [4.78, 5) is 2.64. The number of likely N-dealkylation sites (tertiary alicyclic amines) is 1. The summed E-state index contributed by atoms with van der Waals surface area (Å²) in [5, 5.41) is 3.50. The number of methoxy groups -OCH3 is 1. The molecule has 2 fully saturated rings. The van der Waals surface area contributed by atoms with Crippen LogP contribution in [0, 0.1) is 19.3 Å². The van der Waals surface area contributed by atoms with Gasteiger partial charge in [0.25, 0.3) is 0 Å². The second-order valence-electron chi connectivity index (χ2n) is 6.97. The summed E-state index contributed by atoms with van der Waals surface area (Å²) in [6, 6.07) is 4.58. The van der Waals surface area contributed by atoms with E-state index in [-0.39, 0.29) is 12.4 Å². The van der Waals surface area contributed by atoms with Gasteiger partial charge in [0.2, 0.25) is 0 Å². The second kappa shape index (κ2) is 7.20. The number of aryl methyl sites for hydroxylation is 2. The molecule has 0 unspecified atom stereocenters. The molecule has 1 N–H and O–H groups in total. The third-order valence-electron chi connectivity index (χ3n) is 5.31. The number of halogens is 1. The van der Waals surface area contributed by atoms with Crippen molar-refractivity contribution < 1.29 is 4.74 Å². The summed E-state index contributed by atoms with van der Waals surface area (Å²) in [6.07, 6.45) is 4.08. The highest BCUT2D eigenvalue weighted by molar-refractivity contribution is 5.85. The Hall–Kier alpha value is -0.770. The van der Waals surface area contributed by atoms with Gasteiger partial charge in [-0.25, -0.2) is 0 Å². The lowest BCUT2D eigenvalue weighted by Gasteiger charge is -2.34. The molecule has 3 nitrogen and oxygen atoms in total. The minimum atomic E-state index is 0. The zero-order valence-electron chi connectivity index (χ0n) is 14.1. The predicted molar refractivity (Wildman–Crippen MR) is 94.1 cm³/mol. The lowest BCUT2D eigenvalue weighted by atomic mass is 9.78. The number of nitrogens with one attached hydrogen (secondary N) is 1. The SMILES string of the molecule is COc1c(C)cc(CN2CCC3(CCNCC3)C2)cc1C.Cl. The van der Waals surface area contributed by atoms with Gasteiger partial charge in [-0.15, -0.1) is 12.4 Å². The Morgan fingerprint density at radius 2 is 1.77 bits per heavy atom. The molecular formula is C18H29ClN2O. The Morgan fingerprint density at radius 1 is 1.14 bits per heavy atom. The topological polar surface area (TPSA) is 24.5 Å². The molecule has 0 aliphatic carbocycles. The van der Waals surface area contributed by atoms with Gasteiger partial charge < -0.3 is 10.1 Å². The molecular weight excluding hydrogens is 296 g/mol. The molecule has 4 heteroatoms. The van der Waals surface area contributed by atoms with Gasteiger partial charge in [-0.3, -0.25) is 4.90 Å². The molecule has 124 valence electrons. The third-order valence-corrected chi connectivity index (χ3v) is 5.31. The van der Waals surface area contributed by atoms with E-state index < -0.39 is 0 Å². The molecule has 1 spiro atoms. The van der Waals surface area contributed by atoms with E-state index in [2.05, 4.69) is 36.2 Å². The molecule has 1 aromatic carbocycles. The van der Waals surface area contributed by atoms with Crippen LogP contribution in [0.5, 0.6) is 5.75 Å². The molecule has 0 amide bonds. The first kappa shape index (κ1) is 17.6. The van der Waals surface area contributed by atoms with E-state index >= 15 is 0 Å². The van der Waals surface area contributed by atoms with Crippen molar-refractivity contribution in [2.75, 3.05) is 33.3 Å². The number of ether oxygens (including phenoxy) is 1. The van der Waals surface area contributed by atoms with Gasteiger partial charge in [-0.05, 0) is 74.8 Å². The first-order valence-corrected chi connectivity index (χ1v) is 8.19. The molecule has 3 rings (SSSR count). The number of piperidine rings is 1. The monoisotopic (exact) mass is 324 g/mol. The highest BCUT2D eigenvalue weighted by Gasteiger charge is 2.38. The average molecular weight is 325 g/mol. The van der Waals surface area contributed by atoms with Crippen molar-refractivity contribution in [1.82, 2.24) is 10.2 Å². The van der Waals surface area contributed by atoms with E-state index in [9.17, 15) is 0 Å². The Bertz CT molecular complexity index is 489. The van der Waals surface area contributed by atoms with Gasteiger partial charge in [0, 0.05) is 13.1 Å². The maximum Gasteiger partial charge on any atom is 0.124 e. The average Bonchev–Trinajstić information content (AvgIpc) is 2.82. The molecule has 1 aromatic rings. The van der Waals surface area contributed by atoms with E-state index in [0.717, 1.165) is 12.3 Å². The van der Waals surface area contributed by atoms with Gasteiger partial charge in [0.05, 0.1) is 7.11 Å². The normalized spacial score (nSPS) is 20.9. The fraction of sp³-hybridized carbons (Fsp3) is 0.667. The van der Waals surface area contributed by atoms with Crippen molar-refractivity contribution in [3.8, 4) is 5.75 Å². The first-order chi connectivity index (χ1) is 10.1. The van der Waals surface area contributed by atoms with Crippen molar-refractivity contribution in [3.63, 3.8) is 0 Å². The maximum atomic E-state index is 5.47. The molecule has 2 heterocycles. The Balaban J connectivity index is 0.00000176. The molecule has 2 aliphatic rings. The second-order valence-corrected chi connectivity index (χ2v) is 6.97. The zero-order chi connectivity index (χ0) is 14.9. The minimum absolute atomic E-state index is 0. The number of nitrogens with zero attached hydrogens (tertiary/aromatic N) is 1. The van der Waals surface area contributed by atoms with E-state index in [1.807, 2.05) is 0 Å². The van der Waals surface area contributed by atoms with Crippen LogP contribution in [0.1, 0.15) is 36.0 Å².